The van der Waals surface area contributed by atoms with Gasteiger partial charge in [-0.05, 0) is 61.2 Å². The number of carbonyl (C=O) groups is 2. The Morgan fingerprint density at radius 2 is 1.75 bits per heavy atom. The van der Waals surface area contributed by atoms with Crippen molar-refractivity contribution in [1.29, 1.82) is 0 Å². The van der Waals surface area contributed by atoms with Crippen molar-refractivity contribution >= 4 is 17.6 Å². The van der Waals surface area contributed by atoms with E-state index in [9.17, 15) is 22.8 Å². The first-order valence-electron chi connectivity index (χ1n) is 11.6. The highest BCUT2D eigenvalue weighted by molar-refractivity contribution is 5.94. The standard InChI is InChI=1S/C26H29F3N4O3/c1-4-5-23(19-6-8-20(9-7-19)25(36)30-11-10-24(34)35)33(22-13-17(2)12-18(3)14-22)32-16-21(15-31-32)26(27,28)29/h6-9,12-16,23H,4-5,10-11H2,1-3H3,(H,30,36)(H,34,35)/t23-/m1/s1. The van der Waals surface area contributed by atoms with Crippen molar-refractivity contribution in [2.45, 2.75) is 52.3 Å². The summed E-state index contributed by atoms with van der Waals surface area (Å²) >= 11 is 0. The van der Waals surface area contributed by atoms with Crippen molar-refractivity contribution < 1.29 is 27.9 Å². The third-order valence-corrected chi connectivity index (χ3v) is 5.63. The molecular weight excluding hydrogens is 473 g/mol. The van der Waals surface area contributed by atoms with Gasteiger partial charge < -0.3 is 10.4 Å². The molecule has 3 rings (SSSR count). The second-order valence-corrected chi connectivity index (χ2v) is 8.66. The number of carboxylic acid groups (broad SMARTS) is 1. The smallest absolute Gasteiger partial charge is 0.419 e. The molecule has 0 unspecified atom stereocenters. The average Bonchev–Trinajstić information content (AvgIpc) is 3.28. The number of hydrogen-bond donors (Lipinski definition) is 2. The van der Waals surface area contributed by atoms with E-state index in [4.69, 9.17) is 5.11 Å². The monoisotopic (exact) mass is 502 g/mol. The summed E-state index contributed by atoms with van der Waals surface area (Å²) in [5.41, 5.74) is 2.92. The van der Waals surface area contributed by atoms with Gasteiger partial charge in [0.25, 0.3) is 5.91 Å². The van der Waals surface area contributed by atoms with Crippen molar-refractivity contribution in [2.75, 3.05) is 11.6 Å². The molecule has 192 valence electrons. The molecule has 0 radical (unpaired) electrons. The fourth-order valence-electron chi connectivity index (χ4n) is 4.05. The Labute approximate surface area is 207 Å². The molecule has 1 amide bonds. The molecule has 0 aliphatic rings. The van der Waals surface area contributed by atoms with E-state index in [-0.39, 0.29) is 19.0 Å². The SMILES string of the molecule is CCC[C@H](c1ccc(C(=O)NCCC(=O)O)cc1)N(c1cc(C)cc(C)c1)n1cc(C(F)(F)F)cn1. The average molecular weight is 503 g/mol. The number of alkyl halides is 3. The number of nitrogens with zero attached hydrogens (tertiary/aromatic N) is 3. The molecule has 0 spiro atoms. The number of carbonyl (C=O) groups excluding carboxylic acids is 1. The first kappa shape index (κ1) is 26.8. The van der Waals surface area contributed by atoms with Crippen molar-refractivity contribution in [1.82, 2.24) is 15.2 Å². The second kappa shape index (κ2) is 11.3. The number of rotatable bonds is 10. The van der Waals surface area contributed by atoms with Crippen LogP contribution in [-0.2, 0) is 11.0 Å². The summed E-state index contributed by atoms with van der Waals surface area (Å²) in [7, 11) is 0. The van der Waals surface area contributed by atoms with Gasteiger partial charge in [0.1, 0.15) is 0 Å². The maximum absolute atomic E-state index is 13.4. The van der Waals surface area contributed by atoms with Crippen molar-refractivity contribution in [3.63, 3.8) is 0 Å². The molecule has 1 atom stereocenters. The molecule has 0 fully saturated rings. The summed E-state index contributed by atoms with van der Waals surface area (Å²) in [6.45, 7) is 5.84. The minimum absolute atomic E-state index is 0.00963. The second-order valence-electron chi connectivity index (χ2n) is 8.66. The van der Waals surface area contributed by atoms with Gasteiger partial charge in [-0.25, -0.2) is 0 Å². The topological polar surface area (TPSA) is 87.5 Å². The molecule has 1 aromatic heterocycles. The Balaban J connectivity index is 2.01. The van der Waals surface area contributed by atoms with Gasteiger partial charge in [-0.1, -0.05) is 31.5 Å². The van der Waals surface area contributed by atoms with E-state index in [2.05, 4.69) is 10.4 Å². The summed E-state index contributed by atoms with van der Waals surface area (Å²) in [6, 6.07) is 12.2. The highest BCUT2D eigenvalue weighted by atomic mass is 19.4. The molecule has 3 aromatic rings. The molecule has 0 bridgehead atoms. The van der Waals surface area contributed by atoms with Crippen LogP contribution in [0.25, 0.3) is 0 Å². The molecule has 7 nitrogen and oxygen atoms in total. The minimum atomic E-state index is -4.53. The van der Waals surface area contributed by atoms with E-state index < -0.39 is 23.6 Å². The zero-order chi connectivity index (χ0) is 26.5. The molecule has 0 aliphatic heterocycles. The zero-order valence-electron chi connectivity index (χ0n) is 20.3. The number of carboxylic acids is 1. The van der Waals surface area contributed by atoms with E-state index in [1.807, 2.05) is 39.0 Å². The van der Waals surface area contributed by atoms with Crippen molar-refractivity contribution in [2.24, 2.45) is 0 Å². The number of halogens is 3. The number of hydrogen-bond acceptors (Lipinski definition) is 4. The first-order chi connectivity index (χ1) is 17.0. The van der Waals surface area contributed by atoms with Crippen LogP contribution in [0.15, 0.2) is 54.9 Å². The fourth-order valence-corrected chi connectivity index (χ4v) is 4.05. The maximum Gasteiger partial charge on any atom is 0.419 e. The highest BCUT2D eigenvalue weighted by Crippen LogP contribution is 2.35. The summed E-state index contributed by atoms with van der Waals surface area (Å²) in [4.78, 5) is 24.2. The van der Waals surface area contributed by atoms with E-state index in [1.54, 1.807) is 29.3 Å². The van der Waals surface area contributed by atoms with Gasteiger partial charge >= 0.3 is 12.1 Å². The molecule has 1 heterocycles. The first-order valence-corrected chi connectivity index (χ1v) is 11.6. The Kier molecular flexibility index (Phi) is 8.39. The number of benzene rings is 2. The number of aliphatic carboxylic acids is 1. The lowest BCUT2D eigenvalue weighted by Crippen LogP contribution is -2.35. The predicted molar refractivity (Wildman–Crippen MR) is 130 cm³/mol. The van der Waals surface area contributed by atoms with Gasteiger partial charge in [0, 0.05) is 12.1 Å². The van der Waals surface area contributed by atoms with Gasteiger partial charge in [-0.15, -0.1) is 0 Å². The van der Waals surface area contributed by atoms with Crippen LogP contribution in [0.1, 0.15) is 64.8 Å². The Bertz CT molecular complexity index is 1190. The summed E-state index contributed by atoms with van der Waals surface area (Å²) < 4.78 is 40.1. The number of amides is 1. The number of anilines is 1. The molecule has 0 aliphatic carbocycles. The van der Waals surface area contributed by atoms with Gasteiger partial charge in [0.2, 0.25) is 0 Å². The van der Waals surface area contributed by atoms with Gasteiger partial charge in [0.05, 0.1) is 36.1 Å². The van der Waals surface area contributed by atoms with Crippen LogP contribution in [-0.4, -0.2) is 33.4 Å². The van der Waals surface area contributed by atoms with Crippen LogP contribution in [0, 0.1) is 13.8 Å². The van der Waals surface area contributed by atoms with Crippen LogP contribution in [0.5, 0.6) is 0 Å². The van der Waals surface area contributed by atoms with E-state index in [1.165, 1.54) is 4.79 Å². The molecule has 0 saturated heterocycles. The van der Waals surface area contributed by atoms with Gasteiger partial charge in [0.15, 0.2) is 0 Å². The Morgan fingerprint density at radius 1 is 1.11 bits per heavy atom. The maximum atomic E-state index is 13.4. The molecule has 36 heavy (non-hydrogen) atoms. The fraction of sp³-hybridized carbons (Fsp3) is 0.346. The number of aryl methyl sites for hydroxylation is 2. The molecule has 2 N–H and O–H groups in total. The van der Waals surface area contributed by atoms with Crippen LogP contribution >= 0.6 is 0 Å². The summed E-state index contributed by atoms with van der Waals surface area (Å²) in [5, 5.41) is 17.1. The Hall–Kier alpha value is -3.82. The lowest BCUT2D eigenvalue weighted by atomic mass is 9.99. The quantitative estimate of drug-likeness (QED) is 0.380. The third-order valence-electron chi connectivity index (χ3n) is 5.63. The van der Waals surface area contributed by atoms with Gasteiger partial charge in [-0.2, -0.15) is 23.1 Å². The number of aromatic nitrogens is 2. The summed E-state index contributed by atoms with van der Waals surface area (Å²) in [6.07, 6.45) is -1.57. The molecule has 10 heteroatoms. The molecular formula is C26H29F3N4O3. The van der Waals surface area contributed by atoms with Crippen LogP contribution in [0.3, 0.4) is 0 Å². The normalized spacial score (nSPS) is 12.3. The lowest BCUT2D eigenvalue weighted by Gasteiger charge is -2.34. The van der Waals surface area contributed by atoms with Crippen LogP contribution < -0.4 is 10.3 Å². The molecule has 0 saturated carbocycles. The van der Waals surface area contributed by atoms with Crippen LogP contribution in [0.4, 0.5) is 18.9 Å². The Morgan fingerprint density at radius 3 is 2.28 bits per heavy atom. The number of nitrogens with one attached hydrogen (secondary N) is 1. The third kappa shape index (κ3) is 6.65. The minimum Gasteiger partial charge on any atom is -0.481 e. The van der Waals surface area contributed by atoms with Gasteiger partial charge in [-0.3, -0.25) is 14.6 Å². The van der Waals surface area contributed by atoms with Crippen molar-refractivity contribution in [3.05, 3.63) is 82.7 Å². The largest absolute Gasteiger partial charge is 0.481 e. The van der Waals surface area contributed by atoms with Crippen molar-refractivity contribution in [3.8, 4) is 0 Å². The van der Waals surface area contributed by atoms with E-state index in [0.29, 0.717) is 17.7 Å². The predicted octanol–water partition coefficient (Wildman–Crippen LogP) is 5.53. The highest BCUT2D eigenvalue weighted by Gasteiger charge is 2.34. The van der Waals surface area contributed by atoms with E-state index in [0.717, 1.165) is 35.5 Å². The zero-order valence-corrected chi connectivity index (χ0v) is 20.3. The molecule has 2 aromatic carbocycles. The van der Waals surface area contributed by atoms with Crippen LogP contribution in [0.2, 0.25) is 0 Å². The van der Waals surface area contributed by atoms with E-state index >= 15 is 0 Å². The lowest BCUT2D eigenvalue weighted by molar-refractivity contribution is -0.138. The summed E-state index contributed by atoms with van der Waals surface area (Å²) in [5.74, 6) is -1.41.